The van der Waals surface area contributed by atoms with Gasteiger partial charge in [-0.25, -0.2) is 8.42 Å². The Bertz CT molecular complexity index is 702. The molecule has 2 rings (SSSR count). The number of anilines is 1. The van der Waals surface area contributed by atoms with E-state index in [0.29, 0.717) is 10.7 Å². The lowest BCUT2D eigenvalue weighted by atomic mass is 10.1. The molecule has 0 aliphatic heterocycles. The molecule has 106 valence electrons. The quantitative estimate of drug-likeness (QED) is 0.941. The molecule has 0 spiro atoms. The molecular formula is C14H15ClN2O2S. The maximum absolute atomic E-state index is 11.6. The van der Waals surface area contributed by atoms with Crippen molar-refractivity contribution >= 4 is 27.1 Å². The summed E-state index contributed by atoms with van der Waals surface area (Å²) in [6.45, 7) is 1.97. The van der Waals surface area contributed by atoms with Gasteiger partial charge in [0.25, 0.3) is 0 Å². The zero-order valence-corrected chi connectivity index (χ0v) is 12.7. The van der Waals surface area contributed by atoms with Crippen LogP contribution < -0.4 is 5.32 Å². The van der Waals surface area contributed by atoms with Crippen LogP contribution >= 0.6 is 11.6 Å². The molecule has 1 atom stereocenters. The van der Waals surface area contributed by atoms with E-state index < -0.39 is 9.84 Å². The SMILES string of the molecule is CC(Nc1cc(S(C)(=O)=O)ccc1Cl)c1ccncc1. The van der Waals surface area contributed by atoms with Gasteiger partial charge in [0.15, 0.2) is 9.84 Å². The minimum atomic E-state index is -3.25. The third-order valence-corrected chi connectivity index (χ3v) is 4.38. The van der Waals surface area contributed by atoms with Gasteiger partial charge in [-0.2, -0.15) is 0 Å². The van der Waals surface area contributed by atoms with Crippen LogP contribution in [-0.2, 0) is 9.84 Å². The summed E-state index contributed by atoms with van der Waals surface area (Å²) in [6.07, 6.45) is 4.59. The van der Waals surface area contributed by atoms with Crippen molar-refractivity contribution in [2.75, 3.05) is 11.6 Å². The van der Waals surface area contributed by atoms with E-state index in [9.17, 15) is 8.42 Å². The molecule has 1 unspecified atom stereocenters. The molecule has 20 heavy (non-hydrogen) atoms. The molecule has 4 nitrogen and oxygen atoms in total. The molecule has 0 amide bonds. The molecule has 1 aromatic heterocycles. The second-order valence-electron chi connectivity index (χ2n) is 4.56. The van der Waals surface area contributed by atoms with Gasteiger partial charge in [0.2, 0.25) is 0 Å². The summed E-state index contributed by atoms with van der Waals surface area (Å²) in [5.74, 6) is 0. The lowest BCUT2D eigenvalue weighted by Gasteiger charge is -2.17. The zero-order valence-electron chi connectivity index (χ0n) is 11.2. The molecule has 1 aromatic carbocycles. The second-order valence-corrected chi connectivity index (χ2v) is 6.98. The van der Waals surface area contributed by atoms with Gasteiger partial charge in [-0.1, -0.05) is 11.6 Å². The van der Waals surface area contributed by atoms with E-state index in [4.69, 9.17) is 11.6 Å². The fourth-order valence-corrected chi connectivity index (χ4v) is 2.63. The van der Waals surface area contributed by atoms with E-state index in [1.165, 1.54) is 12.3 Å². The lowest BCUT2D eigenvalue weighted by molar-refractivity contribution is 0.602. The Morgan fingerprint density at radius 3 is 2.45 bits per heavy atom. The Morgan fingerprint density at radius 2 is 1.85 bits per heavy atom. The molecule has 0 bridgehead atoms. The number of aromatic nitrogens is 1. The van der Waals surface area contributed by atoms with Gasteiger partial charge < -0.3 is 5.32 Å². The van der Waals surface area contributed by atoms with Gasteiger partial charge in [-0.3, -0.25) is 4.98 Å². The Balaban J connectivity index is 2.30. The van der Waals surface area contributed by atoms with Crippen LogP contribution in [0.1, 0.15) is 18.5 Å². The van der Waals surface area contributed by atoms with Crippen molar-refractivity contribution in [3.8, 4) is 0 Å². The third kappa shape index (κ3) is 3.49. The van der Waals surface area contributed by atoms with Crippen molar-refractivity contribution in [2.24, 2.45) is 0 Å². The number of hydrogen-bond acceptors (Lipinski definition) is 4. The molecular weight excluding hydrogens is 296 g/mol. The predicted molar refractivity (Wildman–Crippen MR) is 80.8 cm³/mol. The largest absolute Gasteiger partial charge is 0.377 e. The summed E-state index contributed by atoms with van der Waals surface area (Å²) in [6, 6.07) is 8.41. The number of benzene rings is 1. The highest BCUT2D eigenvalue weighted by Gasteiger charge is 2.12. The fraction of sp³-hybridized carbons (Fsp3) is 0.214. The van der Waals surface area contributed by atoms with Crippen molar-refractivity contribution in [2.45, 2.75) is 17.9 Å². The minimum Gasteiger partial charge on any atom is -0.377 e. The molecule has 1 heterocycles. The molecule has 2 aromatic rings. The maximum atomic E-state index is 11.6. The average molecular weight is 311 g/mol. The third-order valence-electron chi connectivity index (χ3n) is 2.94. The first-order valence-corrected chi connectivity index (χ1v) is 8.31. The van der Waals surface area contributed by atoms with Crippen molar-refractivity contribution in [3.63, 3.8) is 0 Å². The van der Waals surface area contributed by atoms with Crippen LogP contribution in [-0.4, -0.2) is 19.7 Å². The van der Waals surface area contributed by atoms with E-state index in [2.05, 4.69) is 10.3 Å². The topological polar surface area (TPSA) is 59.1 Å². The monoisotopic (exact) mass is 310 g/mol. The Labute approximate surface area is 123 Å². The van der Waals surface area contributed by atoms with Gasteiger partial charge in [0, 0.05) is 24.7 Å². The number of halogens is 1. The predicted octanol–water partition coefficient (Wildman–Crippen LogP) is 3.31. The van der Waals surface area contributed by atoms with Crippen molar-refractivity contribution in [3.05, 3.63) is 53.3 Å². The molecule has 0 fully saturated rings. The van der Waals surface area contributed by atoms with E-state index in [0.717, 1.165) is 5.56 Å². The fourth-order valence-electron chi connectivity index (χ4n) is 1.81. The summed E-state index contributed by atoms with van der Waals surface area (Å²) in [4.78, 5) is 4.21. The Hall–Kier alpha value is -1.59. The highest BCUT2D eigenvalue weighted by molar-refractivity contribution is 7.90. The highest BCUT2D eigenvalue weighted by Crippen LogP contribution is 2.28. The molecule has 0 saturated carbocycles. The van der Waals surface area contributed by atoms with Gasteiger partial charge in [0.05, 0.1) is 15.6 Å². The Kier molecular flexibility index (Phi) is 4.30. The first kappa shape index (κ1) is 14.8. The van der Waals surface area contributed by atoms with Crippen LogP contribution in [0, 0.1) is 0 Å². The molecule has 0 radical (unpaired) electrons. The van der Waals surface area contributed by atoms with E-state index in [1.54, 1.807) is 24.5 Å². The van der Waals surface area contributed by atoms with E-state index >= 15 is 0 Å². The maximum Gasteiger partial charge on any atom is 0.175 e. The lowest BCUT2D eigenvalue weighted by Crippen LogP contribution is -2.08. The second kappa shape index (κ2) is 5.81. The van der Waals surface area contributed by atoms with Crippen molar-refractivity contribution in [1.82, 2.24) is 4.98 Å². The molecule has 0 aliphatic rings. The number of pyridine rings is 1. The van der Waals surface area contributed by atoms with Crippen LogP contribution in [0.2, 0.25) is 5.02 Å². The molecule has 1 N–H and O–H groups in total. The van der Waals surface area contributed by atoms with Crippen LogP contribution in [0.25, 0.3) is 0 Å². The molecule has 0 saturated heterocycles. The van der Waals surface area contributed by atoms with Crippen LogP contribution in [0.4, 0.5) is 5.69 Å². The highest BCUT2D eigenvalue weighted by atomic mass is 35.5. The van der Waals surface area contributed by atoms with Crippen LogP contribution in [0.3, 0.4) is 0 Å². The van der Waals surface area contributed by atoms with Gasteiger partial charge in [-0.05, 0) is 42.8 Å². The van der Waals surface area contributed by atoms with Crippen molar-refractivity contribution < 1.29 is 8.42 Å². The summed E-state index contributed by atoms with van der Waals surface area (Å²) < 4.78 is 23.1. The Morgan fingerprint density at radius 1 is 1.20 bits per heavy atom. The standard InChI is InChI=1S/C14H15ClN2O2S/c1-10(11-5-7-16-8-6-11)17-14-9-12(20(2,18)19)3-4-13(14)15/h3-10,17H,1-2H3. The molecule has 6 heteroatoms. The number of nitrogens with one attached hydrogen (secondary N) is 1. The first-order valence-electron chi connectivity index (χ1n) is 6.04. The average Bonchev–Trinajstić information content (AvgIpc) is 2.41. The number of rotatable bonds is 4. The summed E-state index contributed by atoms with van der Waals surface area (Å²) in [5.41, 5.74) is 1.64. The zero-order chi connectivity index (χ0) is 14.8. The number of hydrogen-bond donors (Lipinski definition) is 1. The van der Waals surface area contributed by atoms with Gasteiger partial charge in [0.1, 0.15) is 0 Å². The number of nitrogens with zero attached hydrogens (tertiary/aromatic N) is 1. The number of sulfone groups is 1. The van der Waals surface area contributed by atoms with Crippen molar-refractivity contribution in [1.29, 1.82) is 0 Å². The minimum absolute atomic E-state index is 0.00897. The summed E-state index contributed by atoms with van der Waals surface area (Å²) in [5, 5.41) is 3.70. The smallest absolute Gasteiger partial charge is 0.175 e. The van der Waals surface area contributed by atoms with Gasteiger partial charge >= 0.3 is 0 Å². The van der Waals surface area contributed by atoms with Crippen LogP contribution in [0.15, 0.2) is 47.6 Å². The van der Waals surface area contributed by atoms with Gasteiger partial charge in [-0.15, -0.1) is 0 Å². The van der Waals surface area contributed by atoms with E-state index in [-0.39, 0.29) is 10.9 Å². The first-order chi connectivity index (χ1) is 9.38. The summed E-state index contributed by atoms with van der Waals surface area (Å²) in [7, 11) is -3.25. The molecule has 0 aliphatic carbocycles. The van der Waals surface area contributed by atoms with Crippen LogP contribution in [0.5, 0.6) is 0 Å². The normalized spacial score (nSPS) is 12.9. The summed E-state index contributed by atoms with van der Waals surface area (Å²) >= 11 is 6.11. The van der Waals surface area contributed by atoms with E-state index in [1.807, 2.05) is 19.1 Å².